The molecule has 7 heteroatoms. The molecule has 2 aromatic rings. The number of hydrogen-bond donors (Lipinski definition) is 2. The van der Waals surface area contributed by atoms with Gasteiger partial charge in [0, 0.05) is 36.7 Å². The highest BCUT2D eigenvalue weighted by atomic mass is 32.1. The summed E-state index contributed by atoms with van der Waals surface area (Å²) in [6, 6.07) is 5.68. The molecule has 0 aliphatic heterocycles. The van der Waals surface area contributed by atoms with Gasteiger partial charge in [0.2, 0.25) is 5.88 Å². The van der Waals surface area contributed by atoms with Gasteiger partial charge in [0.05, 0.1) is 24.4 Å². The summed E-state index contributed by atoms with van der Waals surface area (Å²) in [5.74, 6) is 1.39. The van der Waals surface area contributed by atoms with Crippen LogP contribution in [0.5, 0.6) is 5.88 Å². The van der Waals surface area contributed by atoms with Crippen LogP contribution in [0.2, 0.25) is 0 Å². The average Bonchev–Trinajstić information content (AvgIpc) is 2.98. The molecule has 0 amide bonds. The Morgan fingerprint density at radius 1 is 1.35 bits per heavy atom. The lowest BCUT2D eigenvalue weighted by atomic mass is 10.3. The van der Waals surface area contributed by atoms with Gasteiger partial charge in [-0.2, -0.15) is 0 Å². The van der Waals surface area contributed by atoms with Crippen LogP contribution in [-0.4, -0.2) is 36.1 Å². The van der Waals surface area contributed by atoms with E-state index in [9.17, 15) is 0 Å². The van der Waals surface area contributed by atoms with Crippen LogP contribution in [0.3, 0.4) is 0 Å². The van der Waals surface area contributed by atoms with Crippen LogP contribution < -0.4 is 15.4 Å². The number of guanidine groups is 1. The second kappa shape index (κ2) is 9.09. The van der Waals surface area contributed by atoms with Gasteiger partial charge < -0.3 is 15.4 Å². The molecule has 2 N–H and O–H groups in total. The molecule has 2 heterocycles. The van der Waals surface area contributed by atoms with Gasteiger partial charge in [-0.15, -0.1) is 11.3 Å². The number of aliphatic imine (C=N–C) groups is 1. The zero-order valence-electron chi connectivity index (χ0n) is 13.8. The first-order chi connectivity index (χ1) is 11.2. The molecule has 0 saturated heterocycles. The molecule has 23 heavy (non-hydrogen) atoms. The molecule has 0 unspecified atom stereocenters. The first-order valence-corrected chi connectivity index (χ1v) is 8.46. The molecule has 0 fully saturated rings. The molecule has 0 radical (unpaired) electrons. The summed E-state index contributed by atoms with van der Waals surface area (Å²) in [4.78, 5) is 14.5. The predicted molar refractivity (Wildman–Crippen MR) is 94.2 cm³/mol. The first-order valence-electron chi connectivity index (χ1n) is 7.64. The van der Waals surface area contributed by atoms with Gasteiger partial charge >= 0.3 is 0 Å². The highest BCUT2D eigenvalue weighted by molar-refractivity contribution is 7.11. The summed E-state index contributed by atoms with van der Waals surface area (Å²) in [7, 11) is 1.61. The number of methoxy groups -OCH3 is 1. The largest absolute Gasteiger partial charge is 0.481 e. The fraction of sp³-hybridized carbons (Fsp3) is 0.438. The molecule has 2 aromatic heterocycles. The van der Waals surface area contributed by atoms with E-state index in [1.807, 2.05) is 31.3 Å². The molecule has 0 saturated carbocycles. The number of aryl methyl sites for hydroxylation is 1. The minimum Gasteiger partial charge on any atom is -0.481 e. The molecule has 0 atom stereocenters. The number of ether oxygens (including phenoxy) is 1. The van der Waals surface area contributed by atoms with Gasteiger partial charge in [-0.1, -0.05) is 6.07 Å². The van der Waals surface area contributed by atoms with E-state index in [1.54, 1.807) is 18.4 Å². The fourth-order valence-corrected chi connectivity index (χ4v) is 2.75. The number of thiazole rings is 1. The van der Waals surface area contributed by atoms with Crippen molar-refractivity contribution >= 4 is 17.3 Å². The van der Waals surface area contributed by atoms with E-state index in [2.05, 4.69) is 32.5 Å². The molecule has 6 nitrogen and oxygen atoms in total. The molecular formula is C16H23N5OS. The quantitative estimate of drug-likeness (QED) is 0.600. The minimum atomic E-state index is 0.503. The van der Waals surface area contributed by atoms with Crippen LogP contribution in [0.4, 0.5) is 0 Å². The van der Waals surface area contributed by atoms with Crippen LogP contribution in [-0.2, 0) is 13.0 Å². The number of rotatable bonds is 7. The molecule has 0 bridgehead atoms. The van der Waals surface area contributed by atoms with Crippen molar-refractivity contribution < 1.29 is 4.74 Å². The standard InChI is InChI=1S/C16H23N5OS/c1-4-17-16(18-9-8-15-19-10-12(2)23-15)20-11-13-6-5-7-14(21-13)22-3/h5-7,10H,4,8-9,11H2,1-3H3,(H2,17,18,20). The zero-order chi connectivity index (χ0) is 16.5. The lowest BCUT2D eigenvalue weighted by Gasteiger charge is -2.10. The highest BCUT2D eigenvalue weighted by Crippen LogP contribution is 2.11. The number of hydrogen-bond acceptors (Lipinski definition) is 5. The van der Waals surface area contributed by atoms with E-state index in [1.165, 1.54) is 4.88 Å². The topological polar surface area (TPSA) is 71.4 Å². The maximum absolute atomic E-state index is 5.13. The second-order valence-corrected chi connectivity index (χ2v) is 6.23. The summed E-state index contributed by atoms with van der Waals surface area (Å²) >= 11 is 1.73. The molecule has 124 valence electrons. The van der Waals surface area contributed by atoms with Crippen LogP contribution >= 0.6 is 11.3 Å². The Morgan fingerprint density at radius 3 is 2.91 bits per heavy atom. The Labute approximate surface area is 141 Å². The maximum atomic E-state index is 5.13. The summed E-state index contributed by atoms with van der Waals surface area (Å²) in [5, 5.41) is 7.70. The van der Waals surface area contributed by atoms with Gasteiger partial charge in [0.1, 0.15) is 0 Å². The first kappa shape index (κ1) is 17.2. The Balaban J connectivity index is 1.88. The van der Waals surface area contributed by atoms with E-state index < -0.39 is 0 Å². The third kappa shape index (κ3) is 5.86. The van der Waals surface area contributed by atoms with Crippen LogP contribution in [0.25, 0.3) is 0 Å². The van der Waals surface area contributed by atoms with Gasteiger partial charge in [0.15, 0.2) is 5.96 Å². The minimum absolute atomic E-state index is 0.503. The fourth-order valence-electron chi connectivity index (χ4n) is 1.97. The second-order valence-electron chi connectivity index (χ2n) is 4.91. The van der Waals surface area contributed by atoms with Crippen molar-refractivity contribution in [3.05, 3.63) is 40.0 Å². The Morgan fingerprint density at radius 2 is 2.22 bits per heavy atom. The summed E-state index contributed by atoms with van der Waals surface area (Å²) in [5.41, 5.74) is 0.872. The Kier molecular flexibility index (Phi) is 6.80. The predicted octanol–water partition coefficient (Wildman–Crippen LogP) is 2.15. The number of aromatic nitrogens is 2. The third-order valence-corrected chi connectivity index (χ3v) is 4.01. The van der Waals surface area contributed by atoms with E-state index in [0.717, 1.165) is 36.2 Å². The van der Waals surface area contributed by atoms with Crippen molar-refractivity contribution in [1.29, 1.82) is 0 Å². The van der Waals surface area contributed by atoms with Crippen molar-refractivity contribution in [3.63, 3.8) is 0 Å². The van der Waals surface area contributed by atoms with Crippen molar-refractivity contribution in [2.45, 2.75) is 26.8 Å². The number of pyridine rings is 1. The summed E-state index contributed by atoms with van der Waals surface area (Å²) in [6.45, 7) is 6.23. The lowest BCUT2D eigenvalue weighted by molar-refractivity contribution is 0.396. The zero-order valence-corrected chi connectivity index (χ0v) is 14.6. The summed E-state index contributed by atoms with van der Waals surface area (Å²) in [6.07, 6.45) is 2.80. The molecule has 0 spiro atoms. The van der Waals surface area contributed by atoms with E-state index in [0.29, 0.717) is 12.4 Å². The average molecular weight is 333 g/mol. The smallest absolute Gasteiger partial charge is 0.213 e. The third-order valence-electron chi connectivity index (χ3n) is 3.03. The normalized spacial score (nSPS) is 11.3. The number of nitrogens with one attached hydrogen (secondary N) is 2. The van der Waals surface area contributed by atoms with Crippen molar-refractivity contribution in [2.75, 3.05) is 20.2 Å². The molecule has 0 aromatic carbocycles. The Hall–Kier alpha value is -2.15. The van der Waals surface area contributed by atoms with Crippen molar-refractivity contribution in [1.82, 2.24) is 20.6 Å². The van der Waals surface area contributed by atoms with E-state index in [-0.39, 0.29) is 0 Å². The van der Waals surface area contributed by atoms with Crippen LogP contribution in [0, 0.1) is 6.92 Å². The summed E-state index contributed by atoms with van der Waals surface area (Å²) < 4.78 is 5.13. The molecule has 0 aliphatic carbocycles. The van der Waals surface area contributed by atoms with Gasteiger partial charge in [-0.3, -0.25) is 0 Å². The lowest BCUT2D eigenvalue weighted by Crippen LogP contribution is -2.38. The SMILES string of the molecule is CCNC(=NCc1cccc(OC)n1)NCCc1ncc(C)s1. The molecule has 2 rings (SSSR count). The maximum Gasteiger partial charge on any atom is 0.213 e. The van der Waals surface area contributed by atoms with Gasteiger partial charge in [0.25, 0.3) is 0 Å². The van der Waals surface area contributed by atoms with Crippen molar-refractivity contribution in [2.24, 2.45) is 4.99 Å². The van der Waals surface area contributed by atoms with Crippen LogP contribution in [0.1, 0.15) is 22.5 Å². The molecule has 0 aliphatic rings. The van der Waals surface area contributed by atoms with Crippen molar-refractivity contribution in [3.8, 4) is 5.88 Å². The van der Waals surface area contributed by atoms with Gasteiger partial charge in [-0.05, 0) is 19.9 Å². The monoisotopic (exact) mass is 333 g/mol. The van der Waals surface area contributed by atoms with E-state index in [4.69, 9.17) is 4.74 Å². The highest BCUT2D eigenvalue weighted by Gasteiger charge is 2.02. The van der Waals surface area contributed by atoms with Gasteiger partial charge in [-0.25, -0.2) is 15.0 Å². The Bertz CT molecular complexity index is 641. The number of nitrogens with zero attached hydrogens (tertiary/aromatic N) is 3. The van der Waals surface area contributed by atoms with Crippen LogP contribution in [0.15, 0.2) is 29.4 Å². The molecular weight excluding hydrogens is 310 g/mol. The van der Waals surface area contributed by atoms with E-state index >= 15 is 0 Å².